The first-order valence-electron chi connectivity index (χ1n) is 6.45. The lowest BCUT2D eigenvalue weighted by molar-refractivity contribution is -0.140. The van der Waals surface area contributed by atoms with E-state index >= 15 is 0 Å². The van der Waals surface area contributed by atoms with Gasteiger partial charge in [-0.05, 0) is 20.3 Å². The third kappa shape index (κ3) is 2.78. The van der Waals surface area contributed by atoms with Gasteiger partial charge in [0.15, 0.2) is 0 Å². The molecule has 6 heteroatoms. The molecule has 1 aromatic rings. The van der Waals surface area contributed by atoms with Crippen molar-refractivity contribution in [3.8, 4) is 0 Å². The zero-order valence-corrected chi connectivity index (χ0v) is 12.3. The molecule has 5 nitrogen and oxygen atoms in total. The van der Waals surface area contributed by atoms with Crippen LogP contribution in [0.25, 0.3) is 0 Å². The summed E-state index contributed by atoms with van der Waals surface area (Å²) in [4.78, 5) is 31.4. The van der Waals surface area contributed by atoms with Crippen LogP contribution in [-0.2, 0) is 16.1 Å². The van der Waals surface area contributed by atoms with Crippen molar-refractivity contribution in [2.24, 2.45) is 0 Å². The number of hydrogen-bond acceptors (Lipinski definition) is 4. The van der Waals surface area contributed by atoms with Gasteiger partial charge in [0.2, 0.25) is 11.8 Å². The van der Waals surface area contributed by atoms with Gasteiger partial charge in [-0.15, -0.1) is 11.3 Å². The fourth-order valence-electron chi connectivity index (χ4n) is 2.26. The Morgan fingerprint density at radius 2 is 2.32 bits per heavy atom. The lowest BCUT2D eigenvalue weighted by atomic mass is 9.97. The summed E-state index contributed by atoms with van der Waals surface area (Å²) >= 11 is 1.53. The van der Waals surface area contributed by atoms with Crippen LogP contribution >= 0.6 is 11.3 Å². The van der Waals surface area contributed by atoms with Gasteiger partial charge in [-0.25, -0.2) is 0 Å². The van der Waals surface area contributed by atoms with E-state index in [-0.39, 0.29) is 17.9 Å². The molecule has 0 aromatic carbocycles. The largest absolute Gasteiger partial charge is 0.342 e. The smallest absolute Gasteiger partial charge is 0.248 e. The fraction of sp³-hybridized carbons (Fsp3) is 0.615. The van der Waals surface area contributed by atoms with Gasteiger partial charge in [0.25, 0.3) is 0 Å². The Bertz CT molecular complexity index is 474. The van der Waals surface area contributed by atoms with E-state index in [1.165, 1.54) is 11.3 Å². The van der Waals surface area contributed by atoms with E-state index in [2.05, 4.69) is 10.3 Å². The predicted molar refractivity (Wildman–Crippen MR) is 73.6 cm³/mol. The Kier molecular flexibility index (Phi) is 3.89. The van der Waals surface area contributed by atoms with Crippen molar-refractivity contribution in [3.05, 3.63) is 16.6 Å². The molecule has 1 saturated heterocycles. The number of nitrogens with one attached hydrogen (secondary N) is 1. The molecule has 2 unspecified atom stereocenters. The van der Waals surface area contributed by atoms with Crippen LogP contribution in [-0.4, -0.2) is 33.3 Å². The number of aromatic nitrogens is 1. The Balaban J connectivity index is 2.28. The van der Waals surface area contributed by atoms with Crippen LogP contribution in [0.1, 0.15) is 38.5 Å². The van der Waals surface area contributed by atoms with Crippen LogP contribution in [0.5, 0.6) is 0 Å². The molecule has 1 fully saturated rings. The lowest BCUT2D eigenvalue weighted by Gasteiger charge is -2.33. The molecule has 2 amide bonds. The summed E-state index contributed by atoms with van der Waals surface area (Å²) in [6.07, 6.45) is 2.71. The number of amides is 2. The maximum Gasteiger partial charge on any atom is 0.248 e. The number of nitrogens with zero attached hydrogens (tertiary/aromatic N) is 2. The molecule has 1 aromatic heterocycles. The van der Waals surface area contributed by atoms with Gasteiger partial charge < -0.3 is 10.2 Å². The van der Waals surface area contributed by atoms with Crippen LogP contribution in [0.15, 0.2) is 11.7 Å². The highest BCUT2D eigenvalue weighted by Crippen LogP contribution is 2.23. The van der Waals surface area contributed by atoms with Crippen molar-refractivity contribution >= 4 is 23.2 Å². The van der Waals surface area contributed by atoms with Crippen molar-refractivity contribution in [2.45, 2.75) is 51.7 Å². The summed E-state index contributed by atoms with van der Waals surface area (Å²) in [6, 6.07) is -0.0945. The van der Waals surface area contributed by atoms with E-state index in [0.717, 1.165) is 4.88 Å². The second-order valence-corrected chi connectivity index (χ2v) is 6.16. The minimum Gasteiger partial charge on any atom is -0.342 e. The molecule has 0 saturated carbocycles. The van der Waals surface area contributed by atoms with Crippen molar-refractivity contribution in [2.75, 3.05) is 0 Å². The molecule has 1 aliphatic heterocycles. The van der Waals surface area contributed by atoms with Crippen molar-refractivity contribution in [1.29, 1.82) is 0 Å². The summed E-state index contributed by atoms with van der Waals surface area (Å²) in [5.74, 6) is -0.0706. The van der Waals surface area contributed by atoms with Gasteiger partial charge in [0, 0.05) is 23.5 Å². The summed E-state index contributed by atoms with van der Waals surface area (Å²) in [5, 5.41) is 2.85. The molecule has 104 valence electrons. The second-order valence-electron chi connectivity index (χ2n) is 5.19. The number of carbonyl (C=O) groups excluding carboxylic acids is 2. The van der Waals surface area contributed by atoms with Crippen LogP contribution < -0.4 is 5.32 Å². The second kappa shape index (κ2) is 5.28. The lowest BCUT2D eigenvalue weighted by Crippen LogP contribution is -2.55. The minimum absolute atomic E-state index is 0.0123. The highest BCUT2D eigenvalue weighted by molar-refractivity contribution is 7.09. The molecular formula is C13H19N3O2S. The molecule has 2 heterocycles. The van der Waals surface area contributed by atoms with Crippen LogP contribution in [0.2, 0.25) is 0 Å². The number of thiazole rings is 1. The summed E-state index contributed by atoms with van der Waals surface area (Å²) in [6.45, 7) is 6.15. The Hall–Kier alpha value is -1.43. The van der Waals surface area contributed by atoms with E-state index in [0.29, 0.717) is 19.4 Å². The SMILES string of the molecule is CCC1(C)NC(=O)CC(C)N(Cc2cncs2)C1=O. The normalized spacial score (nSPS) is 28.2. The molecule has 0 spiro atoms. The predicted octanol–water partition coefficient (Wildman–Crippen LogP) is 1.55. The van der Waals surface area contributed by atoms with E-state index in [9.17, 15) is 9.59 Å². The number of carbonyl (C=O) groups is 2. The zero-order chi connectivity index (χ0) is 14.0. The molecule has 1 aliphatic rings. The van der Waals surface area contributed by atoms with E-state index in [1.807, 2.05) is 13.8 Å². The van der Waals surface area contributed by atoms with Gasteiger partial charge >= 0.3 is 0 Å². The molecule has 2 rings (SSSR count). The van der Waals surface area contributed by atoms with E-state index in [1.54, 1.807) is 23.5 Å². The molecule has 0 aliphatic carbocycles. The monoisotopic (exact) mass is 281 g/mol. The number of hydrogen-bond donors (Lipinski definition) is 1. The highest BCUT2D eigenvalue weighted by atomic mass is 32.1. The molecule has 2 atom stereocenters. The van der Waals surface area contributed by atoms with Gasteiger partial charge in [-0.1, -0.05) is 6.92 Å². The molecule has 0 bridgehead atoms. The highest BCUT2D eigenvalue weighted by Gasteiger charge is 2.41. The summed E-state index contributed by atoms with van der Waals surface area (Å²) < 4.78 is 0. The van der Waals surface area contributed by atoms with Crippen molar-refractivity contribution < 1.29 is 9.59 Å². The summed E-state index contributed by atoms with van der Waals surface area (Å²) in [5.41, 5.74) is 0.956. The first-order valence-corrected chi connectivity index (χ1v) is 7.33. The van der Waals surface area contributed by atoms with E-state index in [4.69, 9.17) is 0 Å². The van der Waals surface area contributed by atoms with Gasteiger partial charge in [-0.2, -0.15) is 0 Å². The van der Waals surface area contributed by atoms with E-state index < -0.39 is 5.54 Å². The van der Waals surface area contributed by atoms with Crippen LogP contribution in [0.3, 0.4) is 0 Å². The first-order chi connectivity index (χ1) is 8.96. The molecular weight excluding hydrogens is 262 g/mol. The maximum atomic E-state index is 12.7. The Labute approximate surface area is 117 Å². The van der Waals surface area contributed by atoms with Crippen LogP contribution in [0, 0.1) is 0 Å². The van der Waals surface area contributed by atoms with Crippen LogP contribution in [0.4, 0.5) is 0 Å². The third-order valence-electron chi connectivity index (χ3n) is 3.68. The topological polar surface area (TPSA) is 62.3 Å². The first kappa shape index (κ1) is 14.0. The molecule has 1 N–H and O–H groups in total. The molecule has 19 heavy (non-hydrogen) atoms. The quantitative estimate of drug-likeness (QED) is 0.914. The minimum atomic E-state index is -0.799. The van der Waals surface area contributed by atoms with Gasteiger partial charge in [0.05, 0.1) is 12.1 Å². The van der Waals surface area contributed by atoms with Gasteiger partial charge in [-0.3, -0.25) is 14.6 Å². The fourth-order valence-corrected chi connectivity index (χ4v) is 2.86. The Morgan fingerprint density at radius 3 is 2.89 bits per heavy atom. The van der Waals surface area contributed by atoms with Crippen molar-refractivity contribution in [3.63, 3.8) is 0 Å². The third-order valence-corrected chi connectivity index (χ3v) is 4.44. The van der Waals surface area contributed by atoms with Crippen molar-refractivity contribution in [1.82, 2.24) is 15.2 Å². The maximum absolute atomic E-state index is 12.7. The molecule has 0 radical (unpaired) electrons. The zero-order valence-electron chi connectivity index (χ0n) is 11.5. The standard InChI is InChI=1S/C13H19N3O2S/c1-4-13(3)12(18)16(7-10-6-14-8-19-10)9(2)5-11(17)15-13/h6,8-9H,4-5,7H2,1-3H3,(H,15,17). The Morgan fingerprint density at radius 1 is 1.58 bits per heavy atom. The number of rotatable bonds is 3. The average molecular weight is 281 g/mol. The summed E-state index contributed by atoms with van der Waals surface area (Å²) in [7, 11) is 0. The van der Waals surface area contributed by atoms with Gasteiger partial charge in [0.1, 0.15) is 5.54 Å². The average Bonchev–Trinajstić information content (AvgIpc) is 2.84.